The molecule has 0 amide bonds. The first kappa shape index (κ1) is 9.25. The lowest BCUT2D eigenvalue weighted by atomic mass is 10.1. The summed E-state index contributed by atoms with van der Waals surface area (Å²) in [7, 11) is 0. The number of hydrogen-bond donors (Lipinski definition) is 0. The molecule has 1 aromatic rings. The number of likely N-dealkylation sites (tertiary alicyclic amines) is 1. The fourth-order valence-electron chi connectivity index (χ4n) is 1.73. The highest BCUT2D eigenvalue weighted by Gasteiger charge is 2.04. The molecule has 14 heavy (non-hydrogen) atoms. The van der Waals surface area contributed by atoms with Crippen LogP contribution in [-0.4, -0.2) is 23.0 Å². The van der Waals surface area contributed by atoms with E-state index in [9.17, 15) is 0 Å². The lowest BCUT2D eigenvalue weighted by Gasteiger charge is -2.24. The molecule has 1 aliphatic rings. The van der Waals surface area contributed by atoms with Crippen molar-refractivity contribution in [3.8, 4) is 0 Å². The second kappa shape index (κ2) is 4.80. The Kier molecular flexibility index (Phi) is 3.17. The Morgan fingerprint density at radius 1 is 1.21 bits per heavy atom. The fraction of sp³-hybridized carbons (Fsp3) is 0.417. The van der Waals surface area contributed by atoms with Crippen LogP contribution in [0.1, 0.15) is 24.8 Å². The Hall–Kier alpha value is -1.31. The van der Waals surface area contributed by atoms with Gasteiger partial charge in [0.25, 0.3) is 0 Å². The van der Waals surface area contributed by atoms with E-state index in [0.717, 1.165) is 0 Å². The zero-order valence-electron chi connectivity index (χ0n) is 8.39. The highest BCUT2D eigenvalue weighted by molar-refractivity contribution is 5.46. The van der Waals surface area contributed by atoms with Gasteiger partial charge in [-0.3, -0.25) is 4.98 Å². The van der Waals surface area contributed by atoms with Crippen LogP contribution in [0.3, 0.4) is 0 Å². The Bertz CT molecular complexity index is 286. The van der Waals surface area contributed by atoms with Gasteiger partial charge in [-0.15, -0.1) is 0 Å². The third kappa shape index (κ3) is 2.59. The van der Waals surface area contributed by atoms with E-state index < -0.39 is 0 Å². The summed E-state index contributed by atoms with van der Waals surface area (Å²) >= 11 is 0. The van der Waals surface area contributed by atoms with Gasteiger partial charge >= 0.3 is 0 Å². The Morgan fingerprint density at radius 3 is 2.79 bits per heavy atom. The van der Waals surface area contributed by atoms with E-state index in [1.807, 2.05) is 12.3 Å². The van der Waals surface area contributed by atoms with Crippen LogP contribution in [0.4, 0.5) is 0 Å². The molecular weight excluding hydrogens is 172 g/mol. The Morgan fingerprint density at radius 2 is 2.07 bits per heavy atom. The van der Waals surface area contributed by atoms with Gasteiger partial charge in [0.1, 0.15) is 0 Å². The topological polar surface area (TPSA) is 16.1 Å². The lowest BCUT2D eigenvalue weighted by molar-refractivity contribution is 0.311. The summed E-state index contributed by atoms with van der Waals surface area (Å²) < 4.78 is 0. The van der Waals surface area contributed by atoms with E-state index in [4.69, 9.17) is 0 Å². The minimum absolute atomic E-state index is 1.18. The summed E-state index contributed by atoms with van der Waals surface area (Å²) in [6.07, 6.45) is 12.1. The van der Waals surface area contributed by atoms with E-state index in [2.05, 4.69) is 28.2 Å². The minimum Gasteiger partial charge on any atom is -0.377 e. The minimum atomic E-state index is 1.18. The molecule has 1 fully saturated rings. The van der Waals surface area contributed by atoms with Crippen molar-refractivity contribution in [2.45, 2.75) is 19.3 Å². The molecule has 1 saturated heterocycles. The molecule has 2 nitrogen and oxygen atoms in total. The molecule has 0 N–H and O–H groups in total. The van der Waals surface area contributed by atoms with Crippen LogP contribution in [0.5, 0.6) is 0 Å². The molecule has 2 heteroatoms. The van der Waals surface area contributed by atoms with Crippen LogP contribution in [0.2, 0.25) is 0 Å². The lowest BCUT2D eigenvalue weighted by Crippen LogP contribution is -2.23. The van der Waals surface area contributed by atoms with E-state index in [1.165, 1.54) is 37.9 Å². The number of pyridine rings is 1. The predicted octanol–water partition coefficient (Wildman–Crippen LogP) is 2.54. The number of piperidine rings is 1. The van der Waals surface area contributed by atoms with Gasteiger partial charge in [-0.05, 0) is 43.2 Å². The molecule has 0 aliphatic carbocycles. The van der Waals surface area contributed by atoms with Crippen molar-refractivity contribution in [1.29, 1.82) is 0 Å². The monoisotopic (exact) mass is 188 g/mol. The predicted molar refractivity (Wildman–Crippen MR) is 58.7 cm³/mol. The first-order valence-electron chi connectivity index (χ1n) is 5.27. The van der Waals surface area contributed by atoms with Crippen LogP contribution in [0.25, 0.3) is 6.08 Å². The van der Waals surface area contributed by atoms with E-state index in [1.54, 1.807) is 6.20 Å². The highest BCUT2D eigenvalue weighted by atomic mass is 15.1. The van der Waals surface area contributed by atoms with Crippen molar-refractivity contribution >= 4 is 6.08 Å². The SMILES string of the molecule is C(=C\N1CCCCC1)/c1cccnc1. The quantitative estimate of drug-likeness (QED) is 0.709. The molecule has 0 radical (unpaired) electrons. The first-order valence-corrected chi connectivity index (χ1v) is 5.27. The molecule has 1 aromatic heterocycles. The normalized spacial score (nSPS) is 17.6. The van der Waals surface area contributed by atoms with Crippen molar-refractivity contribution in [2.24, 2.45) is 0 Å². The zero-order valence-corrected chi connectivity index (χ0v) is 8.39. The maximum Gasteiger partial charge on any atom is 0.0340 e. The highest BCUT2D eigenvalue weighted by Crippen LogP contribution is 2.10. The Balaban J connectivity index is 1.93. The smallest absolute Gasteiger partial charge is 0.0340 e. The van der Waals surface area contributed by atoms with Gasteiger partial charge in [0.2, 0.25) is 0 Å². The second-order valence-electron chi connectivity index (χ2n) is 3.70. The standard InChI is InChI=1S/C12H16N2/c1-2-8-14(9-3-1)10-6-12-5-4-7-13-11-12/h4-7,10-11H,1-3,8-9H2/b10-6+. The van der Waals surface area contributed by atoms with Crippen LogP contribution in [-0.2, 0) is 0 Å². The second-order valence-corrected chi connectivity index (χ2v) is 3.70. The average molecular weight is 188 g/mol. The van der Waals surface area contributed by atoms with Crippen LogP contribution >= 0.6 is 0 Å². The van der Waals surface area contributed by atoms with Crippen molar-refractivity contribution in [2.75, 3.05) is 13.1 Å². The molecule has 2 rings (SSSR count). The summed E-state index contributed by atoms with van der Waals surface area (Å²) in [5, 5.41) is 0. The van der Waals surface area contributed by atoms with Crippen molar-refractivity contribution in [1.82, 2.24) is 9.88 Å². The van der Waals surface area contributed by atoms with E-state index in [-0.39, 0.29) is 0 Å². The van der Waals surface area contributed by atoms with Crippen LogP contribution in [0.15, 0.2) is 30.7 Å². The number of aromatic nitrogens is 1. The van der Waals surface area contributed by atoms with Crippen molar-refractivity contribution < 1.29 is 0 Å². The maximum atomic E-state index is 4.08. The van der Waals surface area contributed by atoms with Crippen molar-refractivity contribution in [3.05, 3.63) is 36.3 Å². The van der Waals surface area contributed by atoms with Gasteiger partial charge in [-0.25, -0.2) is 0 Å². The van der Waals surface area contributed by atoms with Gasteiger partial charge in [-0.2, -0.15) is 0 Å². The molecule has 0 spiro atoms. The van der Waals surface area contributed by atoms with E-state index in [0.29, 0.717) is 0 Å². The van der Waals surface area contributed by atoms with Gasteiger partial charge in [0, 0.05) is 25.5 Å². The third-order valence-corrected chi connectivity index (χ3v) is 2.55. The molecule has 0 saturated carbocycles. The number of nitrogens with zero attached hydrogens (tertiary/aromatic N) is 2. The van der Waals surface area contributed by atoms with Crippen LogP contribution in [0, 0.1) is 0 Å². The number of hydrogen-bond acceptors (Lipinski definition) is 2. The van der Waals surface area contributed by atoms with Gasteiger partial charge in [0.05, 0.1) is 0 Å². The summed E-state index contributed by atoms with van der Waals surface area (Å²) in [4.78, 5) is 6.46. The molecule has 0 unspecified atom stereocenters. The molecule has 0 aromatic carbocycles. The molecule has 0 atom stereocenters. The van der Waals surface area contributed by atoms with E-state index >= 15 is 0 Å². The molecule has 74 valence electrons. The Labute approximate surface area is 85.3 Å². The molecule has 0 bridgehead atoms. The summed E-state index contributed by atoms with van der Waals surface area (Å²) in [6, 6.07) is 4.04. The van der Waals surface area contributed by atoms with Crippen molar-refractivity contribution in [3.63, 3.8) is 0 Å². The first-order chi connectivity index (χ1) is 6.95. The number of rotatable bonds is 2. The van der Waals surface area contributed by atoms with Crippen LogP contribution < -0.4 is 0 Å². The average Bonchev–Trinajstić information content (AvgIpc) is 2.29. The fourth-order valence-corrected chi connectivity index (χ4v) is 1.73. The maximum absolute atomic E-state index is 4.08. The molecule has 2 heterocycles. The van der Waals surface area contributed by atoms with Gasteiger partial charge in [-0.1, -0.05) is 6.07 Å². The summed E-state index contributed by atoms with van der Waals surface area (Å²) in [5.74, 6) is 0. The summed E-state index contributed by atoms with van der Waals surface area (Å²) in [5.41, 5.74) is 1.18. The molecular formula is C12H16N2. The van der Waals surface area contributed by atoms with Gasteiger partial charge < -0.3 is 4.90 Å². The molecule has 1 aliphatic heterocycles. The summed E-state index contributed by atoms with van der Waals surface area (Å²) in [6.45, 7) is 2.41. The zero-order chi connectivity index (χ0) is 9.64. The van der Waals surface area contributed by atoms with Gasteiger partial charge in [0.15, 0.2) is 0 Å². The third-order valence-electron chi connectivity index (χ3n) is 2.55. The largest absolute Gasteiger partial charge is 0.377 e.